The zero-order valence-electron chi connectivity index (χ0n) is 9.87. The van der Waals surface area contributed by atoms with Crippen LogP contribution in [0.15, 0.2) is 5.16 Å². The number of nitrogens with zero attached hydrogens (tertiary/aromatic N) is 2. The first kappa shape index (κ1) is 16.0. The summed E-state index contributed by atoms with van der Waals surface area (Å²) in [5, 5.41) is 11.3. The van der Waals surface area contributed by atoms with Gasteiger partial charge in [-0.2, -0.15) is 13.2 Å². The van der Waals surface area contributed by atoms with Gasteiger partial charge in [-0.1, -0.05) is 12.1 Å². The number of halogens is 3. The first-order chi connectivity index (χ1) is 7.76. The molecule has 8 heteroatoms. The molecule has 0 saturated heterocycles. The molecule has 0 radical (unpaired) electrons. The van der Waals surface area contributed by atoms with Crippen molar-refractivity contribution < 1.29 is 23.1 Å². The Kier molecular flexibility index (Phi) is 6.89. The molecule has 0 aliphatic heterocycles. The lowest BCUT2D eigenvalue weighted by Gasteiger charge is -2.20. The largest absolute Gasteiger partial charge is 0.411 e. The van der Waals surface area contributed by atoms with E-state index >= 15 is 0 Å². The molecule has 0 spiro atoms. The van der Waals surface area contributed by atoms with Crippen molar-refractivity contribution in [2.45, 2.75) is 13.1 Å². The Morgan fingerprint density at radius 3 is 2.59 bits per heavy atom. The van der Waals surface area contributed by atoms with E-state index in [1.807, 2.05) is 0 Å². The van der Waals surface area contributed by atoms with Gasteiger partial charge in [-0.05, 0) is 7.05 Å². The van der Waals surface area contributed by atoms with Crippen LogP contribution in [0.3, 0.4) is 0 Å². The van der Waals surface area contributed by atoms with Crippen LogP contribution < -0.4 is 5.73 Å². The topological polar surface area (TPSA) is 71.1 Å². The number of oxime groups is 1. The van der Waals surface area contributed by atoms with Gasteiger partial charge in [0, 0.05) is 19.0 Å². The van der Waals surface area contributed by atoms with E-state index in [2.05, 4.69) is 9.89 Å². The maximum atomic E-state index is 11.7. The molecule has 17 heavy (non-hydrogen) atoms. The molecule has 0 amide bonds. The molecule has 3 N–H and O–H groups in total. The normalized spacial score (nSPS) is 15.3. The molecule has 0 heterocycles. The number of likely N-dealkylation sites (N-methyl/N-ethyl adjacent to an activating group) is 1. The molecule has 0 aromatic rings. The summed E-state index contributed by atoms with van der Waals surface area (Å²) in [4.78, 5) is 1.75. The third kappa shape index (κ3) is 8.75. The van der Waals surface area contributed by atoms with Crippen molar-refractivity contribution >= 4 is 5.84 Å². The molecule has 102 valence electrons. The predicted molar refractivity (Wildman–Crippen MR) is 56.9 cm³/mol. The summed E-state index contributed by atoms with van der Waals surface area (Å²) in [6, 6.07) is 0. The summed E-state index contributed by atoms with van der Waals surface area (Å²) in [6.45, 7) is 1.32. The Hall–Kier alpha value is -1.02. The Labute approximate surface area is 98.0 Å². The molecule has 1 unspecified atom stereocenters. The summed E-state index contributed by atoms with van der Waals surface area (Å²) in [6.07, 6.45) is -4.29. The third-order valence-corrected chi connectivity index (χ3v) is 2.09. The lowest BCUT2D eigenvalue weighted by Crippen LogP contribution is -2.34. The maximum Gasteiger partial charge on any atom is 0.411 e. The number of nitrogens with two attached hydrogens (primary N) is 1. The van der Waals surface area contributed by atoms with E-state index in [4.69, 9.17) is 10.9 Å². The van der Waals surface area contributed by atoms with Crippen LogP contribution in [0.25, 0.3) is 0 Å². The highest BCUT2D eigenvalue weighted by Gasteiger charge is 2.27. The molecule has 1 atom stereocenters. The molecule has 0 aliphatic rings. The number of rotatable bonds is 7. The van der Waals surface area contributed by atoms with Gasteiger partial charge >= 0.3 is 6.18 Å². The zero-order valence-corrected chi connectivity index (χ0v) is 9.87. The van der Waals surface area contributed by atoms with Crippen LogP contribution in [0, 0.1) is 5.92 Å². The molecule has 0 saturated carbocycles. The monoisotopic (exact) mass is 257 g/mol. The average molecular weight is 257 g/mol. The first-order valence-corrected chi connectivity index (χ1v) is 5.06. The Bertz CT molecular complexity index is 246. The number of ether oxygens (including phenoxy) is 1. The van der Waals surface area contributed by atoms with Crippen molar-refractivity contribution in [3.63, 3.8) is 0 Å². The number of amidine groups is 1. The Balaban J connectivity index is 3.70. The molecule has 0 aliphatic carbocycles. The molecule has 0 rings (SSSR count). The lowest BCUT2D eigenvalue weighted by molar-refractivity contribution is -0.174. The van der Waals surface area contributed by atoms with Crippen molar-refractivity contribution in [3.05, 3.63) is 0 Å². The van der Waals surface area contributed by atoms with Crippen molar-refractivity contribution in [2.24, 2.45) is 16.8 Å². The van der Waals surface area contributed by atoms with Crippen LogP contribution in [-0.4, -0.2) is 55.5 Å². The smallest absolute Gasteiger partial charge is 0.409 e. The maximum absolute atomic E-state index is 11.7. The van der Waals surface area contributed by atoms with Crippen LogP contribution >= 0.6 is 0 Å². The van der Waals surface area contributed by atoms with Gasteiger partial charge in [-0.25, -0.2) is 0 Å². The fraction of sp³-hybridized carbons (Fsp3) is 0.889. The van der Waals surface area contributed by atoms with E-state index in [0.717, 1.165) is 0 Å². The molecular formula is C9H18F3N3O2. The number of alkyl halides is 3. The SMILES string of the molecule is CC(CN(C)CCOCC(F)(F)F)C(N)=NO. The Morgan fingerprint density at radius 1 is 1.53 bits per heavy atom. The highest BCUT2D eigenvalue weighted by atomic mass is 19.4. The summed E-state index contributed by atoms with van der Waals surface area (Å²) >= 11 is 0. The second-order valence-electron chi connectivity index (χ2n) is 3.86. The van der Waals surface area contributed by atoms with E-state index in [1.165, 1.54) is 0 Å². The molecule has 0 aromatic heterocycles. The van der Waals surface area contributed by atoms with E-state index in [1.54, 1.807) is 18.9 Å². The summed E-state index contributed by atoms with van der Waals surface area (Å²) in [7, 11) is 1.72. The van der Waals surface area contributed by atoms with E-state index in [-0.39, 0.29) is 18.4 Å². The van der Waals surface area contributed by atoms with Crippen LogP contribution in [0.5, 0.6) is 0 Å². The quantitative estimate of drug-likeness (QED) is 0.233. The minimum Gasteiger partial charge on any atom is -0.409 e. The first-order valence-electron chi connectivity index (χ1n) is 5.06. The van der Waals surface area contributed by atoms with Gasteiger partial charge in [0.25, 0.3) is 0 Å². The standard InChI is InChI=1S/C9H18F3N3O2/c1-7(8(13)14-16)5-15(2)3-4-17-6-9(10,11)12/h7,16H,3-6H2,1-2H3,(H2,13,14). The summed E-state index contributed by atoms with van der Waals surface area (Å²) in [5.41, 5.74) is 5.37. The zero-order chi connectivity index (χ0) is 13.5. The molecule has 5 nitrogen and oxygen atoms in total. The second-order valence-corrected chi connectivity index (χ2v) is 3.86. The molecule has 0 bridgehead atoms. The second kappa shape index (κ2) is 7.33. The Morgan fingerprint density at radius 2 is 2.12 bits per heavy atom. The predicted octanol–water partition coefficient (Wildman–Crippen LogP) is 0.880. The number of hydrogen-bond donors (Lipinski definition) is 2. The molecule has 0 fully saturated rings. The van der Waals surface area contributed by atoms with Crippen molar-refractivity contribution in [1.82, 2.24) is 4.90 Å². The van der Waals surface area contributed by atoms with Crippen molar-refractivity contribution in [3.8, 4) is 0 Å². The summed E-state index contributed by atoms with van der Waals surface area (Å²) < 4.78 is 39.7. The van der Waals surface area contributed by atoms with Gasteiger partial charge in [-0.15, -0.1) is 0 Å². The van der Waals surface area contributed by atoms with E-state index in [0.29, 0.717) is 13.1 Å². The van der Waals surface area contributed by atoms with Crippen LogP contribution in [0.2, 0.25) is 0 Å². The van der Waals surface area contributed by atoms with Gasteiger partial charge in [0.15, 0.2) is 0 Å². The van der Waals surface area contributed by atoms with Crippen LogP contribution in [0.4, 0.5) is 13.2 Å². The third-order valence-electron chi connectivity index (χ3n) is 2.09. The van der Waals surface area contributed by atoms with Gasteiger partial charge in [0.2, 0.25) is 0 Å². The van der Waals surface area contributed by atoms with Crippen molar-refractivity contribution in [1.29, 1.82) is 0 Å². The van der Waals surface area contributed by atoms with E-state index < -0.39 is 12.8 Å². The van der Waals surface area contributed by atoms with Crippen molar-refractivity contribution in [2.75, 3.05) is 33.4 Å². The van der Waals surface area contributed by atoms with E-state index in [9.17, 15) is 13.2 Å². The van der Waals surface area contributed by atoms with Gasteiger partial charge < -0.3 is 20.6 Å². The molecular weight excluding hydrogens is 239 g/mol. The highest BCUT2D eigenvalue weighted by Crippen LogP contribution is 2.14. The highest BCUT2D eigenvalue weighted by molar-refractivity contribution is 5.82. The van der Waals surface area contributed by atoms with Crippen LogP contribution in [-0.2, 0) is 4.74 Å². The fourth-order valence-corrected chi connectivity index (χ4v) is 1.16. The average Bonchev–Trinajstić information content (AvgIpc) is 2.21. The minimum absolute atomic E-state index is 0.0150. The van der Waals surface area contributed by atoms with Gasteiger partial charge in [0.05, 0.1) is 6.61 Å². The number of hydrogen-bond acceptors (Lipinski definition) is 4. The van der Waals surface area contributed by atoms with Gasteiger partial charge in [0.1, 0.15) is 12.4 Å². The van der Waals surface area contributed by atoms with Gasteiger partial charge in [-0.3, -0.25) is 0 Å². The van der Waals surface area contributed by atoms with Crippen LogP contribution in [0.1, 0.15) is 6.92 Å². The summed E-state index contributed by atoms with van der Waals surface area (Å²) in [5.74, 6) is -0.0827. The fourth-order valence-electron chi connectivity index (χ4n) is 1.16. The lowest BCUT2D eigenvalue weighted by atomic mass is 10.1. The molecule has 0 aromatic carbocycles. The minimum atomic E-state index is -4.29.